The van der Waals surface area contributed by atoms with Gasteiger partial charge in [-0.2, -0.15) is 4.31 Å². The number of rotatable bonds is 6. The fraction of sp³-hybridized carbons (Fsp3) is 0.263. The molecular formula is C19H19ClN4O3S2. The first-order chi connectivity index (χ1) is 13.9. The van der Waals surface area contributed by atoms with Crippen LogP contribution in [-0.4, -0.2) is 47.4 Å². The maximum Gasteiger partial charge on any atom is 0.243 e. The smallest absolute Gasteiger partial charge is 0.243 e. The van der Waals surface area contributed by atoms with Crippen molar-refractivity contribution in [2.45, 2.75) is 22.9 Å². The molecule has 2 aromatic carbocycles. The maximum atomic E-state index is 12.7. The van der Waals surface area contributed by atoms with Gasteiger partial charge in [0.1, 0.15) is 0 Å². The molecule has 29 heavy (non-hydrogen) atoms. The number of benzene rings is 2. The van der Waals surface area contributed by atoms with Gasteiger partial charge in [-0.3, -0.25) is 4.79 Å². The number of para-hydroxylation sites is 2. The molecular weight excluding hydrogens is 432 g/mol. The van der Waals surface area contributed by atoms with Crippen LogP contribution in [0.3, 0.4) is 0 Å². The molecule has 0 atom stereocenters. The number of thioether (sulfide) groups is 1. The molecule has 0 radical (unpaired) electrons. The first-order valence-electron chi connectivity index (χ1n) is 9.10. The van der Waals surface area contributed by atoms with Gasteiger partial charge in [0.15, 0.2) is 5.16 Å². The summed E-state index contributed by atoms with van der Waals surface area (Å²) in [7, 11) is -3.58. The molecule has 2 heterocycles. The third-order valence-corrected chi connectivity index (χ3v) is 7.72. The van der Waals surface area contributed by atoms with Crippen molar-refractivity contribution in [3.63, 3.8) is 0 Å². The van der Waals surface area contributed by atoms with Crippen molar-refractivity contribution in [1.82, 2.24) is 14.3 Å². The standard InChI is InChI=1S/C19H19ClN4O3S2/c20-14-8-7-13(29(26,27)24-9-3-4-10-24)11-17(14)21-18(25)12-28-19-22-15-5-1-2-6-16(15)23-19/h1-2,5-8,11H,3-4,9-10,12H2,(H,21,25)(H,22,23). The first kappa shape index (κ1) is 20.2. The second kappa shape index (κ2) is 8.35. The van der Waals surface area contributed by atoms with Gasteiger partial charge in [0.25, 0.3) is 0 Å². The van der Waals surface area contributed by atoms with Crippen LogP contribution in [0.5, 0.6) is 0 Å². The Morgan fingerprint density at radius 1 is 1.21 bits per heavy atom. The Balaban J connectivity index is 1.44. The van der Waals surface area contributed by atoms with Gasteiger partial charge >= 0.3 is 0 Å². The minimum atomic E-state index is -3.58. The molecule has 1 amide bonds. The summed E-state index contributed by atoms with van der Waals surface area (Å²) in [5.41, 5.74) is 2.01. The van der Waals surface area contributed by atoms with E-state index in [1.165, 1.54) is 34.3 Å². The van der Waals surface area contributed by atoms with E-state index < -0.39 is 10.0 Å². The largest absolute Gasteiger partial charge is 0.333 e. The summed E-state index contributed by atoms with van der Waals surface area (Å²) in [4.78, 5) is 20.1. The second-order valence-corrected chi connectivity index (χ2v) is 9.96. The molecule has 2 N–H and O–H groups in total. The number of imidazole rings is 1. The Morgan fingerprint density at radius 2 is 1.97 bits per heavy atom. The molecule has 1 aromatic heterocycles. The van der Waals surface area contributed by atoms with E-state index in [1.807, 2.05) is 24.3 Å². The van der Waals surface area contributed by atoms with E-state index in [4.69, 9.17) is 11.6 Å². The highest BCUT2D eigenvalue weighted by molar-refractivity contribution is 7.99. The van der Waals surface area contributed by atoms with E-state index in [0.29, 0.717) is 18.2 Å². The molecule has 4 rings (SSSR count). The van der Waals surface area contributed by atoms with E-state index in [-0.39, 0.29) is 27.3 Å². The molecule has 0 unspecified atom stereocenters. The molecule has 1 fully saturated rings. The van der Waals surface area contributed by atoms with Crippen LogP contribution < -0.4 is 5.32 Å². The summed E-state index contributed by atoms with van der Waals surface area (Å²) >= 11 is 7.43. The number of hydrogen-bond donors (Lipinski definition) is 2. The highest BCUT2D eigenvalue weighted by Gasteiger charge is 2.27. The highest BCUT2D eigenvalue weighted by Crippen LogP contribution is 2.29. The molecule has 0 bridgehead atoms. The van der Waals surface area contributed by atoms with E-state index in [9.17, 15) is 13.2 Å². The van der Waals surface area contributed by atoms with Crippen LogP contribution >= 0.6 is 23.4 Å². The van der Waals surface area contributed by atoms with Crippen LogP contribution in [0.2, 0.25) is 5.02 Å². The molecule has 1 aliphatic rings. The SMILES string of the molecule is O=C(CSc1nc2ccccc2[nH]1)Nc1cc(S(=O)(=O)N2CCCC2)ccc1Cl. The minimum Gasteiger partial charge on any atom is -0.333 e. The topological polar surface area (TPSA) is 95.2 Å². The Kier molecular flexibility index (Phi) is 5.82. The van der Waals surface area contributed by atoms with Gasteiger partial charge in [-0.1, -0.05) is 35.5 Å². The number of nitrogens with zero attached hydrogens (tertiary/aromatic N) is 2. The van der Waals surface area contributed by atoms with Gasteiger partial charge < -0.3 is 10.3 Å². The predicted molar refractivity (Wildman–Crippen MR) is 115 cm³/mol. The van der Waals surface area contributed by atoms with Gasteiger partial charge in [-0.15, -0.1) is 0 Å². The first-order valence-corrected chi connectivity index (χ1v) is 11.9. The van der Waals surface area contributed by atoms with Crippen molar-refractivity contribution >= 4 is 56.0 Å². The zero-order chi connectivity index (χ0) is 20.4. The number of hydrogen-bond acceptors (Lipinski definition) is 5. The van der Waals surface area contributed by atoms with Gasteiger partial charge in [-0.25, -0.2) is 13.4 Å². The molecule has 10 heteroatoms. The Bertz CT molecular complexity index is 1120. The predicted octanol–water partition coefficient (Wildman–Crippen LogP) is 3.73. The summed E-state index contributed by atoms with van der Waals surface area (Å²) in [6.45, 7) is 1.03. The Hall–Kier alpha value is -2.07. The van der Waals surface area contributed by atoms with Crippen molar-refractivity contribution in [2.24, 2.45) is 0 Å². The molecule has 0 spiro atoms. The number of aromatic nitrogens is 2. The van der Waals surface area contributed by atoms with Gasteiger partial charge in [-0.05, 0) is 43.2 Å². The van der Waals surface area contributed by atoms with Gasteiger partial charge in [0, 0.05) is 13.1 Å². The number of carbonyl (C=O) groups excluding carboxylic acids is 1. The number of H-pyrrole nitrogens is 1. The number of amides is 1. The third kappa shape index (κ3) is 4.42. The van der Waals surface area contributed by atoms with Gasteiger partial charge in [0.2, 0.25) is 15.9 Å². The quantitative estimate of drug-likeness (QED) is 0.558. The number of sulfonamides is 1. The van der Waals surface area contributed by atoms with Crippen molar-refractivity contribution < 1.29 is 13.2 Å². The molecule has 0 saturated carbocycles. The Labute approximate surface area is 177 Å². The minimum absolute atomic E-state index is 0.110. The second-order valence-electron chi connectivity index (χ2n) is 6.65. The number of carbonyl (C=O) groups is 1. The van der Waals surface area contributed by atoms with E-state index in [0.717, 1.165) is 23.9 Å². The third-order valence-electron chi connectivity index (χ3n) is 4.62. The number of nitrogens with one attached hydrogen (secondary N) is 2. The average molecular weight is 451 g/mol. The lowest BCUT2D eigenvalue weighted by atomic mass is 10.3. The van der Waals surface area contributed by atoms with Gasteiger partial charge in [0.05, 0.1) is 32.4 Å². The number of fused-ring (bicyclic) bond motifs is 1. The van der Waals surface area contributed by atoms with Crippen molar-refractivity contribution in [1.29, 1.82) is 0 Å². The van der Waals surface area contributed by atoms with Crippen LogP contribution in [0.1, 0.15) is 12.8 Å². The van der Waals surface area contributed by atoms with Crippen molar-refractivity contribution in [3.05, 3.63) is 47.5 Å². The van der Waals surface area contributed by atoms with E-state index in [2.05, 4.69) is 15.3 Å². The zero-order valence-corrected chi connectivity index (χ0v) is 17.8. The highest BCUT2D eigenvalue weighted by atomic mass is 35.5. The average Bonchev–Trinajstić information content (AvgIpc) is 3.38. The summed E-state index contributed by atoms with van der Waals surface area (Å²) in [5.74, 6) is -0.188. The lowest BCUT2D eigenvalue weighted by molar-refractivity contribution is -0.113. The van der Waals surface area contributed by atoms with Crippen LogP contribution in [-0.2, 0) is 14.8 Å². The summed E-state index contributed by atoms with van der Waals surface area (Å²) in [6, 6.07) is 12.0. The molecule has 0 aliphatic carbocycles. The number of halogens is 1. The fourth-order valence-electron chi connectivity index (χ4n) is 3.16. The lowest BCUT2D eigenvalue weighted by Crippen LogP contribution is -2.28. The zero-order valence-electron chi connectivity index (χ0n) is 15.4. The molecule has 1 aliphatic heterocycles. The van der Waals surface area contributed by atoms with E-state index in [1.54, 1.807) is 0 Å². The summed E-state index contributed by atoms with van der Waals surface area (Å²) in [6.07, 6.45) is 1.71. The molecule has 1 saturated heterocycles. The van der Waals surface area contributed by atoms with Crippen LogP contribution in [0.25, 0.3) is 11.0 Å². The fourth-order valence-corrected chi connectivity index (χ4v) is 5.55. The normalized spacial score (nSPS) is 15.1. The number of anilines is 1. The molecule has 7 nitrogen and oxygen atoms in total. The van der Waals surface area contributed by atoms with Crippen molar-refractivity contribution in [2.75, 3.05) is 24.2 Å². The maximum absolute atomic E-state index is 12.7. The number of aromatic amines is 1. The monoisotopic (exact) mass is 450 g/mol. The van der Waals surface area contributed by atoms with E-state index >= 15 is 0 Å². The van der Waals surface area contributed by atoms with Crippen molar-refractivity contribution in [3.8, 4) is 0 Å². The molecule has 152 valence electrons. The Morgan fingerprint density at radius 3 is 2.72 bits per heavy atom. The summed E-state index contributed by atoms with van der Waals surface area (Å²) in [5, 5.41) is 3.62. The summed E-state index contributed by atoms with van der Waals surface area (Å²) < 4.78 is 26.9. The molecule has 3 aromatic rings. The van der Waals surface area contributed by atoms with Crippen LogP contribution in [0.4, 0.5) is 5.69 Å². The lowest BCUT2D eigenvalue weighted by Gasteiger charge is -2.16. The van der Waals surface area contributed by atoms with Crippen LogP contribution in [0.15, 0.2) is 52.5 Å². The van der Waals surface area contributed by atoms with Crippen LogP contribution in [0, 0.1) is 0 Å².